The van der Waals surface area contributed by atoms with Gasteiger partial charge in [0.2, 0.25) is 0 Å². The summed E-state index contributed by atoms with van der Waals surface area (Å²) in [5.74, 6) is 0. The maximum absolute atomic E-state index is 6.13. The third-order valence-corrected chi connectivity index (χ3v) is 2.50. The van der Waals surface area contributed by atoms with Crippen LogP contribution in [0.3, 0.4) is 0 Å². The molecule has 1 unspecified atom stereocenters. The molecule has 0 aliphatic rings. The number of halogens is 1. The smallest absolute Gasteiger partial charge is 0.0600 e. The second-order valence-electron chi connectivity index (χ2n) is 2.77. The molecule has 0 amide bonds. The van der Waals surface area contributed by atoms with E-state index in [1.54, 1.807) is 0 Å². The fraction of sp³-hybridized carbons (Fsp3) is 0.500. The monoisotopic (exact) mass is 183 g/mol. The van der Waals surface area contributed by atoms with Crippen molar-refractivity contribution in [2.75, 3.05) is 0 Å². The van der Waals surface area contributed by atoms with Crippen molar-refractivity contribution < 1.29 is 0 Å². The average molecular weight is 184 g/mol. The predicted octanol–water partition coefficient (Wildman–Crippen LogP) is 3.33. The highest BCUT2D eigenvalue weighted by Crippen LogP contribution is 2.25. The molecule has 0 fully saturated rings. The van der Waals surface area contributed by atoms with Crippen LogP contribution in [0.25, 0.3) is 0 Å². The van der Waals surface area contributed by atoms with E-state index in [-0.39, 0.29) is 5.38 Å². The standard InChI is InChI=1S/C10H14ClN/c1-3-9(11)8-6-5-7-12-10(8)4-2/h5-7,9H,3-4H2,1-2H3. The van der Waals surface area contributed by atoms with E-state index in [0.29, 0.717) is 0 Å². The lowest BCUT2D eigenvalue weighted by Crippen LogP contribution is -1.97. The second-order valence-corrected chi connectivity index (χ2v) is 3.30. The lowest BCUT2D eigenvalue weighted by molar-refractivity contribution is 0.846. The van der Waals surface area contributed by atoms with E-state index >= 15 is 0 Å². The van der Waals surface area contributed by atoms with Crippen molar-refractivity contribution in [2.24, 2.45) is 0 Å². The summed E-state index contributed by atoms with van der Waals surface area (Å²) in [4.78, 5) is 4.28. The van der Waals surface area contributed by atoms with E-state index < -0.39 is 0 Å². The molecule has 1 nitrogen and oxygen atoms in total. The largest absolute Gasteiger partial charge is 0.261 e. The van der Waals surface area contributed by atoms with Crippen LogP contribution < -0.4 is 0 Å². The molecule has 12 heavy (non-hydrogen) atoms. The number of alkyl halides is 1. The topological polar surface area (TPSA) is 12.9 Å². The van der Waals surface area contributed by atoms with E-state index in [1.165, 1.54) is 5.56 Å². The van der Waals surface area contributed by atoms with Crippen LogP contribution in [0.4, 0.5) is 0 Å². The van der Waals surface area contributed by atoms with Gasteiger partial charge in [-0.05, 0) is 24.5 Å². The molecule has 0 aromatic carbocycles. The number of hydrogen-bond acceptors (Lipinski definition) is 1. The van der Waals surface area contributed by atoms with Gasteiger partial charge in [-0.1, -0.05) is 19.9 Å². The van der Waals surface area contributed by atoms with Gasteiger partial charge >= 0.3 is 0 Å². The Morgan fingerprint density at radius 1 is 1.50 bits per heavy atom. The lowest BCUT2D eigenvalue weighted by atomic mass is 10.1. The molecule has 2 heteroatoms. The molecule has 0 aliphatic carbocycles. The summed E-state index contributed by atoms with van der Waals surface area (Å²) in [6.45, 7) is 4.19. The van der Waals surface area contributed by atoms with E-state index in [9.17, 15) is 0 Å². The molecule has 0 saturated heterocycles. The van der Waals surface area contributed by atoms with Crippen molar-refractivity contribution in [3.8, 4) is 0 Å². The molecule has 0 saturated carbocycles. The number of aryl methyl sites for hydroxylation is 1. The molecule has 0 spiro atoms. The summed E-state index contributed by atoms with van der Waals surface area (Å²) in [7, 11) is 0. The summed E-state index contributed by atoms with van der Waals surface area (Å²) in [6.07, 6.45) is 3.74. The number of hydrogen-bond donors (Lipinski definition) is 0. The molecule has 0 radical (unpaired) electrons. The maximum atomic E-state index is 6.13. The minimum Gasteiger partial charge on any atom is -0.261 e. The van der Waals surface area contributed by atoms with Gasteiger partial charge in [0.25, 0.3) is 0 Å². The van der Waals surface area contributed by atoms with Gasteiger partial charge in [-0.15, -0.1) is 11.6 Å². The van der Waals surface area contributed by atoms with Crippen molar-refractivity contribution in [1.29, 1.82) is 0 Å². The Kier molecular flexibility index (Phi) is 3.54. The van der Waals surface area contributed by atoms with Gasteiger partial charge < -0.3 is 0 Å². The Morgan fingerprint density at radius 2 is 2.25 bits per heavy atom. The third-order valence-electron chi connectivity index (χ3n) is 1.96. The molecule has 1 heterocycles. The van der Waals surface area contributed by atoms with Gasteiger partial charge in [0.05, 0.1) is 5.38 Å². The molecule has 66 valence electrons. The van der Waals surface area contributed by atoms with Crippen LogP contribution in [0.2, 0.25) is 0 Å². The van der Waals surface area contributed by atoms with Crippen molar-refractivity contribution in [2.45, 2.75) is 32.1 Å². The van der Waals surface area contributed by atoms with Crippen LogP contribution in [-0.2, 0) is 6.42 Å². The van der Waals surface area contributed by atoms with E-state index in [2.05, 4.69) is 24.9 Å². The van der Waals surface area contributed by atoms with Crippen LogP contribution in [0, 0.1) is 0 Å². The van der Waals surface area contributed by atoms with Crippen LogP contribution in [-0.4, -0.2) is 4.98 Å². The summed E-state index contributed by atoms with van der Waals surface area (Å²) in [6, 6.07) is 4.01. The first-order chi connectivity index (χ1) is 5.79. The minimum atomic E-state index is 0.119. The minimum absolute atomic E-state index is 0.119. The Morgan fingerprint density at radius 3 is 2.83 bits per heavy atom. The zero-order valence-electron chi connectivity index (χ0n) is 7.55. The van der Waals surface area contributed by atoms with Crippen molar-refractivity contribution in [3.63, 3.8) is 0 Å². The molecule has 0 bridgehead atoms. The molecule has 1 rings (SSSR count). The summed E-state index contributed by atoms with van der Waals surface area (Å²) >= 11 is 6.13. The SMILES string of the molecule is CCc1ncccc1C(Cl)CC. The van der Waals surface area contributed by atoms with E-state index in [4.69, 9.17) is 11.6 Å². The van der Waals surface area contributed by atoms with E-state index in [1.807, 2.05) is 12.3 Å². The first-order valence-corrected chi connectivity index (χ1v) is 4.81. The summed E-state index contributed by atoms with van der Waals surface area (Å²) in [5, 5.41) is 0.119. The first kappa shape index (κ1) is 9.53. The number of nitrogens with zero attached hydrogens (tertiary/aromatic N) is 1. The van der Waals surface area contributed by atoms with E-state index in [0.717, 1.165) is 18.5 Å². The van der Waals surface area contributed by atoms with Gasteiger partial charge in [0, 0.05) is 11.9 Å². The number of rotatable bonds is 3. The summed E-state index contributed by atoms with van der Waals surface area (Å²) in [5.41, 5.74) is 2.31. The normalized spacial score (nSPS) is 12.9. The van der Waals surface area contributed by atoms with Crippen molar-refractivity contribution >= 4 is 11.6 Å². The van der Waals surface area contributed by atoms with Gasteiger partial charge in [-0.2, -0.15) is 0 Å². The Hall–Kier alpha value is -0.560. The predicted molar refractivity (Wildman–Crippen MR) is 52.5 cm³/mol. The lowest BCUT2D eigenvalue weighted by Gasteiger charge is -2.10. The van der Waals surface area contributed by atoms with Gasteiger partial charge in [0.15, 0.2) is 0 Å². The average Bonchev–Trinajstić information content (AvgIpc) is 2.16. The number of pyridine rings is 1. The van der Waals surface area contributed by atoms with Crippen LogP contribution in [0.1, 0.15) is 36.9 Å². The Bertz CT molecular complexity index is 247. The number of aromatic nitrogens is 1. The first-order valence-electron chi connectivity index (χ1n) is 4.37. The molecule has 1 aromatic rings. The fourth-order valence-electron chi connectivity index (χ4n) is 1.25. The van der Waals surface area contributed by atoms with Crippen LogP contribution in [0.15, 0.2) is 18.3 Å². The third kappa shape index (κ3) is 1.98. The molecular weight excluding hydrogens is 170 g/mol. The molecular formula is C10H14ClN. The molecule has 1 atom stereocenters. The highest BCUT2D eigenvalue weighted by atomic mass is 35.5. The van der Waals surface area contributed by atoms with Crippen molar-refractivity contribution in [1.82, 2.24) is 4.98 Å². The zero-order valence-corrected chi connectivity index (χ0v) is 8.30. The highest BCUT2D eigenvalue weighted by Gasteiger charge is 2.09. The van der Waals surface area contributed by atoms with Crippen molar-refractivity contribution in [3.05, 3.63) is 29.6 Å². The van der Waals surface area contributed by atoms with Gasteiger partial charge in [-0.3, -0.25) is 4.98 Å². The van der Waals surface area contributed by atoms with Gasteiger partial charge in [0.1, 0.15) is 0 Å². The molecule has 0 N–H and O–H groups in total. The Balaban J connectivity index is 2.96. The van der Waals surface area contributed by atoms with Gasteiger partial charge in [-0.25, -0.2) is 0 Å². The summed E-state index contributed by atoms with van der Waals surface area (Å²) < 4.78 is 0. The fourth-order valence-corrected chi connectivity index (χ4v) is 1.45. The quantitative estimate of drug-likeness (QED) is 0.656. The van der Waals surface area contributed by atoms with Crippen LogP contribution in [0.5, 0.6) is 0 Å². The maximum Gasteiger partial charge on any atom is 0.0600 e. The zero-order chi connectivity index (χ0) is 8.97. The Labute approximate surface area is 78.8 Å². The highest BCUT2D eigenvalue weighted by molar-refractivity contribution is 6.20. The second kappa shape index (κ2) is 4.46. The molecule has 0 aliphatic heterocycles. The van der Waals surface area contributed by atoms with Crippen LogP contribution >= 0.6 is 11.6 Å². The molecule has 1 aromatic heterocycles.